The second-order valence-corrected chi connectivity index (χ2v) is 5.26. The Morgan fingerprint density at radius 3 is 1.07 bits per heavy atom. The summed E-state index contributed by atoms with van der Waals surface area (Å²) in [6, 6.07) is 0. The molecule has 9 heteroatoms. The Morgan fingerprint density at radius 1 is 0.778 bits per heavy atom. The van der Waals surface area contributed by atoms with Gasteiger partial charge in [-0.05, 0) is 55.4 Å². The van der Waals surface area contributed by atoms with Crippen molar-refractivity contribution in [1.29, 1.82) is 0 Å². The zero-order valence-electron chi connectivity index (χ0n) is 17.6. The van der Waals surface area contributed by atoms with Crippen LogP contribution in [0.4, 0.5) is 0 Å². The molecule has 0 saturated heterocycles. The molecule has 0 spiro atoms. The Bertz CT molecular complexity index is 353. The van der Waals surface area contributed by atoms with Crippen molar-refractivity contribution in [3.8, 4) is 0 Å². The van der Waals surface area contributed by atoms with Crippen LogP contribution in [0.5, 0.6) is 0 Å². The molecule has 8 nitrogen and oxygen atoms in total. The van der Waals surface area contributed by atoms with Gasteiger partial charge in [-0.1, -0.05) is 0 Å². The molecule has 4 N–H and O–H groups in total. The van der Waals surface area contributed by atoms with Crippen molar-refractivity contribution in [2.45, 2.75) is 67.6 Å². The minimum Gasteiger partial charge on any atom is -0.512 e. The number of hydrogen-bond acceptors (Lipinski definition) is 8. The molecule has 0 heterocycles. The zero-order chi connectivity index (χ0) is 21.7. The molecule has 160 valence electrons. The average molecular weight is 428 g/mol. The van der Waals surface area contributed by atoms with Crippen molar-refractivity contribution < 1.29 is 61.2 Å². The first kappa shape index (κ1) is 36.6. The number of hydrogen-bond donors (Lipinski definition) is 4. The SMILES string of the molecule is CC(C)O.CC(C)O.CCOC(=O)C=C(C)O.CCOC(=O)C=C(C)O.[Ti]. The van der Waals surface area contributed by atoms with Crippen LogP contribution in [-0.2, 0) is 40.8 Å². The first-order valence-corrected chi connectivity index (χ1v) is 8.24. The van der Waals surface area contributed by atoms with Gasteiger partial charge in [0.05, 0.1) is 36.9 Å². The Balaban J connectivity index is -0.0000000843. The van der Waals surface area contributed by atoms with E-state index in [0.717, 1.165) is 12.2 Å². The number of carbonyl (C=O) groups excluding carboxylic acids is 2. The van der Waals surface area contributed by atoms with E-state index in [-0.39, 0.29) is 45.4 Å². The molecule has 0 aliphatic rings. The maximum absolute atomic E-state index is 10.4. The standard InChI is InChI=1S/2C6H10O3.2C3H8O.Ti/c2*1-3-9-6(8)4-5(2)7;2*1-3(2)4;/h2*4,7H,3H2,1-2H3;2*3-4H,1-2H3;. The van der Waals surface area contributed by atoms with E-state index in [2.05, 4.69) is 9.47 Å². The molecule has 0 atom stereocenters. The van der Waals surface area contributed by atoms with Gasteiger partial charge in [-0.3, -0.25) is 0 Å². The van der Waals surface area contributed by atoms with Crippen molar-refractivity contribution in [3.63, 3.8) is 0 Å². The van der Waals surface area contributed by atoms with Crippen molar-refractivity contribution in [2.24, 2.45) is 0 Å². The zero-order valence-corrected chi connectivity index (χ0v) is 19.2. The third kappa shape index (κ3) is 79.0. The molecular formula is C18H36O8Ti. The Hall–Kier alpha value is -1.35. The quantitative estimate of drug-likeness (QED) is 0.233. The molecule has 0 fully saturated rings. The molecule has 0 bridgehead atoms. The molecule has 0 aromatic heterocycles. The van der Waals surface area contributed by atoms with Crippen LogP contribution in [0.1, 0.15) is 55.4 Å². The molecule has 0 aromatic rings. The molecule has 0 unspecified atom stereocenters. The summed E-state index contributed by atoms with van der Waals surface area (Å²) in [7, 11) is 0. The summed E-state index contributed by atoms with van der Waals surface area (Å²) in [6.07, 6.45) is 1.73. The summed E-state index contributed by atoms with van der Waals surface area (Å²) in [4.78, 5) is 20.8. The van der Waals surface area contributed by atoms with Crippen LogP contribution in [0.25, 0.3) is 0 Å². The molecule has 0 amide bonds. The van der Waals surface area contributed by atoms with Crippen LogP contribution in [0.3, 0.4) is 0 Å². The third-order valence-corrected chi connectivity index (χ3v) is 1.23. The summed E-state index contributed by atoms with van der Waals surface area (Å²) in [6.45, 7) is 13.8. The third-order valence-electron chi connectivity index (χ3n) is 1.23. The van der Waals surface area contributed by atoms with Crippen LogP contribution in [0.15, 0.2) is 23.7 Å². The van der Waals surface area contributed by atoms with Gasteiger partial charge in [-0.25, -0.2) is 9.59 Å². The van der Waals surface area contributed by atoms with E-state index >= 15 is 0 Å². The van der Waals surface area contributed by atoms with Gasteiger partial charge in [0.25, 0.3) is 0 Å². The fourth-order valence-corrected chi connectivity index (χ4v) is 0.709. The second kappa shape index (κ2) is 26.9. The van der Waals surface area contributed by atoms with Gasteiger partial charge in [0.1, 0.15) is 0 Å². The molecule has 0 aliphatic heterocycles. The van der Waals surface area contributed by atoms with Crippen molar-refractivity contribution in [2.75, 3.05) is 13.2 Å². The van der Waals surface area contributed by atoms with Gasteiger partial charge < -0.3 is 29.9 Å². The van der Waals surface area contributed by atoms with Gasteiger partial charge in [-0.2, -0.15) is 0 Å². The second-order valence-electron chi connectivity index (χ2n) is 5.26. The maximum Gasteiger partial charge on any atom is 0.334 e. The molecule has 0 rings (SSSR count). The van der Waals surface area contributed by atoms with Gasteiger partial charge >= 0.3 is 11.9 Å². The number of ether oxygens (including phenoxy) is 2. The minimum atomic E-state index is -0.502. The maximum atomic E-state index is 10.4. The van der Waals surface area contributed by atoms with E-state index in [1.165, 1.54) is 13.8 Å². The van der Waals surface area contributed by atoms with E-state index < -0.39 is 11.9 Å². The summed E-state index contributed by atoms with van der Waals surface area (Å²) in [5.74, 6) is -1.07. The normalized spacial score (nSPS) is 10.1. The van der Waals surface area contributed by atoms with Crippen LogP contribution in [0, 0.1) is 0 Å². The van der Waals surface area contributed by atoms with E-state index in [9.17, 15) is 9.59 Å². The first-order valence-electron chi connectivity index (χ1n) is 8.24. The van der Waals surface area contributed by atoms with Crippen molar-refractivity contribution >= 4 is 11.9 Å². The summed E-state index contributed by atoms with van der Waals surface area (Å²) in [5.41, 5.74) is 0. The summed E-state index contributed by atoms with van der Waals surface area (Å²) < 4.78 is 8.95. The summed E-state index contributed by atoms with van der Waals surface area (Å²) >= 11 is 0. The van der Waals surface area contributed by atoms with E-state index in [1.54, 1.807) is 41.5 Å². The smallest absolute Gasteiger partial charge is 0.334 e. The largest absolute Gasteiger partial charge is 0.512 e. The number of allylic oxidation sites excluding steroid dienone is 2. The van der Waals surface area contributed by atoms with Gasteiger partial charge in [0.2, 0.25) is 0 Å². The number of carbonyl (C=O) groups is 2. The molecule has 0 saturated carbocycles. The fourth-order valence-electron chi connectivity index (χ4n) is 0.709. The molecule has 0 radical (unpaired) electrons. The molecule has 0 aromatic carbocycles. The number of rotatable bonds is 4. The number of aliphatic hydroxyl groups is 4. The van der Waals surface area contributed by atoms with E-state index in [4.69, 9.17) is 20.4 Å². The monoisotopic (exact) mass is 428 g/mol. The van der Waals surface area contributed by atoms with Crippen molar-refractivity contribution in [1.82, 2.24) is 0 Å². The van der Waals surface area contributed by atoms with E-state index in [0.29, 0.717) is 13.2 Å². The molecule has 27 heavy (non-hydrogen) atoms. The van der Waals surface area contributed by atoms with E-state index in [1.807, 2.05) is 0 Å². The summed E-state index contributed by atoms with van der Waals surface area (Å²) in [5, 5.41) is 33.1. The van der Waals surface area contributed by atoms with Crippen LogP contribution < -0.4 is 0 Å². The van der Waals surface area contributed by atoms with Gasteiger partial charge in [0, 0.05) is 33.9 Å². The van der Waals surface area contributed by atoms with Crippen molar-refractivity contribution in [3.05, 3.63) is 23.7 Å². The topological polar surface area (TPSA) is 134 Å². The Kier molecular flexibility index (Phi) is 36.4. The Labute approximate surface area is 177 Å². The Morgan fingerprint density at radius 2 is 0.963 bits per heavy atom. The predicted molar refractivity (Wildman–Crippen MR) is 101 cm³/mol. The van der Waals surface area contributed by atoms with Gasteiger partial charge in [-0.15, -0.1) is 0 Å². The van der Waals surface area contributed by atoms with Crippen LogP contribution >= 0.6 is 0 Å². The minimum absolute atomic E-state index is 0. The number of esters is 2. The fraction of sp³-hybridized carbons (Fsp3) is 0.667. The van der Waals surface area contributed by atoms with Crippen LogP contribution in [-0.4, -0.2) is 57.8 Å². The molecule has 0 aliphatic carbocycles. The number of aliphatic hydroxyl groups excluding tert-OH is 4. The van der Waals surface area contributed by atoms with Gasteiger partial charge in [0.15, 0.2) is 0 Å². The predicted octanol–water partition coefficient (Wildman–Crippen LogP) is 2.79. The first-order chi connectivity index (χ1) is 11.8. The average Bonchev–Trinajstić information content (AvgIpc) is 2.36. The van der Waals surface area contributed by atoms with Crippen LogP contribution in [0.2, 0.25) is 0 Å². The molecular weight excluding hydrogens is 392 g/mol.